The molecule has 0 spiro atoms. The Morgan fingerprint density at radius 3 is 2.96 bits per heavy atom. The third-order valence-electron chi connectivity index (χ3n) is 4.28. The maximum absolute atomic E-state index is 12.9. The van der Waals surface area contributed by atoms with E-state index < -0.39 is 5.92 Å². The van der Waals surface area contributed by atoms with Crippen LogP contribution in [0, 0.1) is 5.92 Å². The first-order valence-corrected chi connectivity index (χ1v) is 8.47. The van der Waals surface area contributed by atoms with Crippen molar-refractivity contribution in [1.82, 2.24) is 10.5 Å². The number of hydroxylamine groups is 1. The fraction of sp³-hybridized carbons (Fsp3) is 0.100. The number of nitrogens with one attached hydrogen (secondary N) is 2. The molecule has 1 aromatic carbocycles. The standard InChI is InChI=1S/C20H20BN4O2/c1-3-5-18-19(25-27-21-18)16(4-2)17(11-22)20(26)24-15-7-6-14-12-23-9-8-13(14)10-15/h3-10,12,17,25H,1-2,11,22H2,(H,24,26)/b18-5+,19-16-. The first kappa shape index (κ1) is 18.6. The van der Waals surface area contributed by atoms with Crippen molar-refractivity contribution in [1.29, 1.82) is 0 Å². The van der Waals surface area contributed by atoms with E-state index in [1.807, 2.05) is 24.3 Å². The second kappa shape index (κ2) is 8.48. The lowest BCUT2D eigenvalue weighted by Gasteiger charge is -2.19. The molecule has 3 rings (SSSR count). The van der Waals surface area contributed by atoms with Gasteiger partial charge in [-0.3, -0.25) is 15.3 Å². The topological polar surface area (TPSA) is 89.3 Å². The second-order valence-electron chi connectivity index (χ2n) is 5.95. The molecular weight excluding hydrogens is 339 g/mol. The average Bonchev–Trinajstić information content (AvgIpc) is 3.14. The van der Waals surface area contributed by atoms with E-state index in [-0.39, 0.29) is 12.5 Å². The van der Waals surface area contributed by atoms with Crippen molar-refractivity contribution >= 4 is 29.8 Å². The molecular formula is C20H20BN4O2. The normalized spacial score (nSPS) is 17.7. The minimum Gasteiger partial charge on any atom is -0.339 e. The molecule has 1 aliphatic heterocycles. The van der Waals surface area contributed by atoms with E-state index >= 15 is 0 Å². The van der Waals surface area contributed by atoms with Gasteiger partial charge in [-0.1, -0.05) is 37.5 Å². The predicted molar refractivity (Wildman–Crippen MR) is 108 cm³/mol. The number of nitrogens with zero attached hydrogens (tertiary/aromatic N) is 1. The molecule has 0 aliphatic carbocycles. The quantitative estimate of drug-likeness (QED) is 0.690. The number of rotatable bonds is 6. The summed E-state index contributed by atoms with van der Waals surface area (Å²) < 4.78 is 5.17. The summed E-state index contributed by atoms with van der Waals surface area (Å²) in [5.74, 6) is -0.818. The fourth-order valence-corrected chi connectivity index (χ4v) is 2.93. The van der Waals surface area contributed by atoms with Crippen LogP contribution in [-0.4, -0.2) is 24.9 Å². The number of anilines is 1. The number of hydrogen-bond donors (Lipinski definition) is 3. The van der Waals surface area contributed by atoms with Gasteiger partial charge in [-0.25, -0.2) is 0 Å². The summed E-state index contributed by atoms with van der Waals surface area (Å²) in [4.78, 5) is 17.0. The van der Waals surface area contributed by atoms with E-state index in [4.69, 9.17) is 10.5 Å². The maximum Gasteiger partial charge on any atom is 0.373 e. The molecule has 2 heterocycles. The van der Waals surface area contributed by atoms with Gasteiger partial charge in [0.25, 0.3) is 0 Å². The Bertz CT molecular complexity index is 952. The lowest BCUT2D eigenvalue weighted by atomic mass is 9.82. The van der Waals surface area contributed by atoms with Crippen LogP contribution in [0.2, 0.25) is 0 Å². The lowest BCUT2D eigenvalue weighted by molar-refractivity contribution is -0.118. The largest absolute Gasteiger partial charge is 0.373 e. The minimum absolute atomic E-state index is 0.122. The first-order valence-electron chi connectivity index (χ1n) is 8.47. The van der Waals surface area contributed by atoms with E-state index in [2.05, 4.69) is 28.9 Å². The summed E-state index contributed by atoms with van der Waals surface area (Å²) in [6.07, 6.45) is 8.53. The van der Waals surface area contributed by atoms with Crippen molar-refractivity contribution in [3.8, 4) is 0 Å². The van der Waals surface area contributed by atoms with E-state index in [9.17, 15) is 4.79 Å². The van der Waals surface area contributed by atoms with E-state index in [1.54, 1.807) is 38.1 Å². The van der Waals surface area contributed by atoms with Gasteiger partial charge in [-0.2, -0.15) is 0 Å². The van der Waals surface area contributed by atoms with Gasteiger partial charge in [0.2, 0.25) is 5.91 Å². The van der Waals surface area contributed by atoms with E-state index in [1.165, 1.54) is 0 Å². The number of pyridine rings is 1. The molecule has 1 aliphatic rings. The summed E-state index contributed by atoms with van der Waals surface area (Å²) >= 11 is 0. The highest BCUT2D eigenvalue weighted by atomic mass is 16.6. The highest BCUT2D eigenvalue weighted by Crippen LogP contribution is 2.25. The molecule has 1 unspecified atom stereocenters. The Hall–Kier alpha value is -3.16. The number of amides is 1. The van der Waals surface area contributed by atoms with Crippen LogP contribution >= 0.6 is 0 Å². The van der Waals surface area contributed by atoms with Crippen LogP contribution in [0.1, 0.15) is 0 Å². The molecule has 1 aromatic heterocycles. The van der Waals surface area contributed by atoms with Gasteiger partial charge in [-0.15, -0.1) is 0 Å². The Balaban J connectivity index is 1.89. The Labute approximate surface area is 158 Å². The van der Waals surface area contributed by atoms with Gasteiger partial charge in [0, 0.05) is 30.0 Å². The van der Waals surface area contributed by atoms with Gasteiger partial charge in [0.1, 0.15) is 0 Å². The lowest BCUT2D eigenvalue weighted by Crippen LogP contribution is -2.32. The van der Waals surface area contributed by atoms with Crippen molar-refractivity contribution < 1.29 is 9.55 Å². The molecule has 1 amide bonds. The number of aromatic nitrogens is 1. The second-order valence-corrected chi connectivity index (χ2v) is 5.95. The van der Waals surface area contributed by atoms with Crippen molar-refractivity contribution in [3.05, 3.63) is 84.8 Å². The Morgan fingerprint density at radius 2 is 2.22 bits per heavy atom. The molecule has 135 valence electrons. The minimum atomic E-state index is -0.596. The highest BCUT2D eigenvalue weighted by molar-refractivity contribution is 6.41. The van der Waals surface area contributed by atoms with Crippen molar-refractivity contribution in [2.24, 2.45) is 11.7 Å². The first-order chi connectivity index (χ1) is 13.2. The number of benzene rings is 1. The summed E-state index contributed by atoms with van der Waals surface area (Å²) in [5.41, 5.74) is 11.5. The van der Waals surface area contributed by atoms with Crippen LogP contribution in [0.3, 0.4) is 0 Å². The van der Waals surface area contributed by atoms with Crippen molar-refractivity contribution in [3.63, 3.8) is 0 Å². The van der Waals surface area contributed by atoms with Crippen LogP contribution < -0.4 is 16.5 Å². The van der Waals surface area contributed by atoms with Gasteiger partial charge in [-0.05, 0) is 34.6 Å². The molecule has 1 fully saturated rings. The number of nitrogens with two attached hydrogens (primary N) is 1. The van der Waals surface area contributed by atoms with E-state index in [0.29, 0.717) is 17.0 Å². The van der Waals surface area contributed by atoms with Crippen molar-refractivity contribution in [2.45, 2.75) is 0 Å². The molecule has 1 radical (unpaired) electrons. The monoisotopic (exact) mass is 359 g/mol. The van der Waals surface area contributed by atoms with Crippen LogP contribution in [0.4, 0.5) is 5.69 Å². The predicted octanol–water partition coefficient (Wildman–Crippen LogP) is 2.41. The summed E-state index contributed by atoms with van der Waals surface area (Å²) in [5, 5.41) is 4.92. The number of carbonyl (C=O) groups excluding carboxylic acids is 1. The number of hydrogen-bond acceptors (Lipinski definition) is 5. The molecule has 2 aromatic rings. The molecule has 0 bridgehead atoms. The van der Waals surface area contributed by atoms with Crippen LogP contribution in [0.15, 0.2) is 84.8 Å². The van der Waals surface area contributed by atoms with E-state index in [0.717, 1.165) is 16.2 Å². The Kier molecular flexibility index (Phi) is 5.85. The van der Waals surface area contributed by atoms with Crippen molar-refractivity contribution in [2.75, 3.05) is 11.9 Å². The van der Waals surface area contributed by atoms with Gasteiger partial charge >= 0.3 is 7.48 Å². The SMILES string of the molecule is C=C/C=C1/[B]ON/C1=C(/C=C)C(CN)C(=O)Nc1ccc2cnccc2c1. The zero-order valence-corrected chi connectivity index (χ0v) is 14.8. The molecule has 0 saturated carbocycles. The third kappa shape index (κ3) is 4.00. The summed E-state index contributed by atoms with van der Waals surface area (Å²) in [7, 11) is 1.55. The summed E-state index contributed by atoms with van der Waals surface area (Å²) in [6, 6.07) is 7.54. The maximum atomic E-state index is 12.9. The molecule has 7 heteroatoms. The van der Waals surface area contributed by atoms with Crippen LogP contribution in [-0.2, 0) is 9.55 Å². The average molecular weight is 359 g/mol. The molecule has 1 atom stereocenters. The number of allylic oxidation sites excluding steroid dienone is 4. The van der Waals surface area contributed by atoms with Crippen LogP contribution in [0.25, 0.3) is 10.8 Å². The van der Waals surface area contributed by atoms with Gasteiger partial charge < -0.3 is 15.8 Å². The molecule has 27 heavy (non-hydrogen) atoms. The zero-order chi connectivity index (χ0) is 19.2. The smallest absolute Gasteiger partial charge is 0.339 e. The highest BCUT2D eigenvalue weighted by Gasteiger charge is 2.27. The van der Waals surface area contributed by atoms with Gasteiger partial charge in [0.15, 0.2) is 0 Å². The van der Waals surface area contributed by atoms with Crippen LogP contribution in [0.5, 0.6) is 0 Å². The fourth-order valence-electron chi connectivity index (χ4n) is 2.93. The molecule has 6 nitrogen and oxygen atoms in total. The number of carbonyl (C=O) groups is 1. The summed E-state index contributed by atoms with van der Waals surface area (Å²) in [6.45, 7) is 7.65. The third-order valence-corrected chi connectivity index (χ3v) is 4.28. The molecule has 4 N–H and O–H groups in total. The van der Waals surface area contributed by atoms with Gasteiger partial charge in [0.05, 0.1) is 11.6 Å². The molecule has 1 saturated heterocycles. The Morgan fingerprint density at radius 1 is 1.37 bits per heavy atom. The zero-order valence-electron chi connectivity index (χ0n) is 14.8. The number of fused-ring (bicyclic) bond motifs is 1.